The van der Waals surface area contributed by atoms with Crippen molar-refractivity contribution in [2.45, 2.75) is 70.2 Å². The number of nitrogens with one attached hydrogen (secondary N) is 1. The number of rotatable bonds is 9. The minimum Gasteiger partial charge on any atom is -0.376 e. The van der Waals surface area contributed by atoms with Crippen LogP contribution in [0.3, 0.4) is 0 Å². The molecule has 0 spiro atoms. The zero-order valence-corrected chi connectivity index (χ0v) is 27.1. The van der Waals surface area contributed by atoms with E-state index in [1.165, 1.54) is 11.1 Å². The maximum atomic E-state index is 16.7. The van der Waals surface area contributed by atoms with Crippen LogP contribution in [0.25, 0.3) is 21.9 Å². The molecule has 1 aliphatic carbocycles. The van der Waals surface area contributed by atoms with Crippen molar-refractivity contribution >= 4 is 40.6 Å². The van der Waals surface area contributed by atoms with Crippen LogP contribution in [0.1, 0.15) is 49.8 Å². The first-order valence-corrected chi connectivity index (χ1v) is 16.8. The third kappa shape index (κ3) is 6.03. The molecule has 4 unspecified atom stereocenters. The molecule has 3 aromatic carbocycles. The molecule has 3 saturated heterocycles. The molecule has 7 rings (SSSR count). The Balaban J connectivity index is 1.18. The normalized spacial score (nSPS) is 25.0. The molecule has 0 saturated carbocycles. The summed E-state index contributed by atoms with van der Waals surface area (Å²) in [4.78, 5) is 13.9. The summed E-state index contributed by atoms with van der Waals surface area (Å²) in [5.41, 5.74) is 4.52. The van der Waals surface area contributed by atoms with Crippen molar-refractivity contribution in [3.05, 3.63) is 63.9 Å². The third-order valence-corrected chi connectivity index (χ3v) is 10.3. The first-order chi connectivity index (χ1) is 21.9. The van der Waals surface area contributed by atoms with Crippen molar-refractivity contribution in [2.75, 3.05) is 46.1 Å². The second kappa shape index (κ2) is 13.1. The SMILES string of the molecule is C=Nc1c(/C(=N\COCCCN2CC(C)OCC2C)N2CC3CCC(C2)N3)cc(Cl)c(-c2cccc3ccc4c(c23)CC4)c1F. The highest BCUT2D eigenvalue weighted by atomic mass is 35.5. The van der Waals surface area contributed by atoms with Gasteiger partial charge in [0.2, 0.25) is 0 Å². The van der Waals surface area contributed by atoms with Crippen LogP contribution in [0.4, 0.5) is 10.1 Å². The molecule has 4 aliphatic rings. The lowest BCUT2D eigenvalue weighted by atomic mass is 9.81. The molecule has 0 radical (unpaired) electrons. The van der Waals surface area contributed by atoms with Gasteiger partial charge < -0.3 is 19.7 Å². The van der Waals surface area contributed by atoms with Crippen LogP contribution in [-0.4, -0.2) is 92.7 Å². The Bertz CT molecular complexity index is 1620. The van der Waals surface area contributed by atoms with Crippen molar-refractivity contribution in [2.24, 2.45) is 9.98 Å². The van der Waals surface area contributed by atoms with Gasteiger partial charge in [0.15, 0.2) is 5.82 Å². The highest BCUT2D eigenvalue weighted by Crippen LogP contribution is 2.44. The van der Waals surface area contributed by atoms with E-state index in [0.29, 0.717) is 46.7 Å². The zero-order valence-electron chi connectivity index (χ0n) is 26.3. The lowest BCUT2D eigenvalue weighted by Gasteiger charge is -2.36. The van der Waals surface area contributed by atoms with E-state index < -0.39 is 5.82 Å². The van der Waals surface area contributed by atoms with Gasteiger partial charge in [0, 0.05) is 55.4 Å². The maximum absolute atomic E-state index is 16.7. The molecule has 3 heterocycles. The number of hydrogen-bond acceptors (Lipinski definition) is 6. The number of hydrogen-bond donors (Lipinski definition) is 1. The molecule has 9 heteroatoms. The lowest BCUT2D eigenvalue weighted by molar-refractivity contribution is -0.0513. The van der Waals surface area contributed by atoms with Crippen molar-refractivity contribution < 1.29 is 13.9 Å². The van der Waals surface area contributed by atoms with Gasteiger partial charge in [-0.05, 0) is 86.2 Å². The van der Waals surface area contributed by atoms with Gasteiger partial charge in [-0.1, -0.05) is 41.9 Å². The standard InChI is InChI=1S/C36H43ClFN5O2/c1-22-20-45-23(2)17-42(22)14-5-15-44-21-40-36(43-18-26-11-12-27(19-43)41-26)30-16-31(37)33(34(38)35(30)39-3)29-7-4-6-25-9-8-24-10-13-28(24)32(25)29/h4,6-9,16,22-23,26-27,41H,3,5,10-15,17-21H2,1-2H3/b40-36+. The summed E-state index contributed by atoms with van der Waals surface area (Å²) in [6, 6.07) is 13.3. The quantitative estimate of drug-likeness (QED) is 0.169. The number of benzene rings is 3. The number of aliphatic imine (C=N–C) groups is 2. The second-order valence-corrected chi connectivity index (χ2v) is 13.5. The molecule has 2 bridgehead atoms. The first kappa shape index (κ1) is 30.8. The van der Waals surface area contributed by atoms with E-state index in [0.717, 1.165) is 81.2 Å². The zero-order chi connectivity index (χ0) is 31.1. The number of halogens is 2. The van der Waals surface area contributed by atoms with E-state index in [1.54, 1.807) is 0 Å². The molecule has 3 aromatic rings. The Labute approximate surface area is 270 Å². The fraction of sp³-hybridized carbons (Fsp3) is 0.500. The molecule has 0 aromatic heterocycles. The average molecular weight is 632 g/mol. The summed E-state index contributed by atoms with van der Waals surface area (Å²) in [6.45, 7) is 13.1. The van der Waals surface area contributed by atoms with E-state index in [4.69, 9.17) is 26.1 Å². The number of piperazine rings is 1. The van der Waals surface area contributed by atoms with Crippen molar-refractivity contribution in [1.29, 1.82) is 0 Å². The summed E-state index contributed by atoms with van der Waals surface area (Å²) in [5, 5.41) is 6.20. The van der Waals surface area contributed by atoms with E-state index in [2.05, 4.69) is 58.9 Å². The van der Waals surface area contributed by atoms with Gasteiger partial charge in [-0.2, -0.15) is 0 Å². The van der Waals surface area contributed by atoms with Crippen LogP contribution in [0.15, 0.2) is 46.4 Å². The van der Waals surface area contributed by atoms with E-state index >= 15 is 4.39 Å². The minimum atomic E-state index is -0.461. The van der Waals surface area contributed by atoms with Crippen LogP contribution in [-0.2, 0) is 22.3 Å². The summed E-state index contributed by atoms with van der Waals surface area (Å²) in [7, 11) is 0. The fourth-order valence-corrected chi connectivity index (χ4v) is 7.93. The highest BCUT2D eigenvalue weighted by Gasteiger charge is 2.35. The molecule has 3 fully saturated rings. The molecule has 7 nitrogen and oxygen atoms in total. The number of ether oxygens (including phenoxy) is 2. The average Bonchev–Trinajstić information content (AvgIpc) is 3.35. The topological polar surface area (TPSA) is 61.7 Å². The molecular formula is C36H43ClFN5O2. The van der Waals surface area contributed by atoms with Crippen LogP contribution in [0, 0.1) is 5.82 Å². The van der Waals surface area contributed by atoms with Crippen LogP contribution in [0.2, 0.25) is 5.02 Å². The van der Waals surface area contributed by atoms with Gasteiger partial charge in [-0.3, -0.25) is 9.89 Å². The van der Waals surface area contributed by atoms with Crippen molar-refractivity contribution in [3.63, 3.8) is 0 Å². The van der Waals surface area contributed by atoms with Gasteiger partial charge in [0.05, 0.1) is 24.3 Å². The first-order valence-electron chi connectivity index (χ1n) is 16.4. The molecular weight excluding hydrogens is 589 g/mol. The second-order valence-electron chi connectivity index (χ2n) is 13.1. The van der Waals surface area contributed by atoms with Crippen molar-refractivity contribution in [3.8, 4) is 11.1 Å². The Morgan fingerprint density at radius 2 is 1.96 bits per heavy atom. The Morgan fingerprint density at radius 1 is 1.13 bits per heavy atom. The highest BCUT2D eigenvalue weighted by molar-refractivity contribution is 6.34. The van der Waals surface area contributed by atoms with E-state index in [9.17, 15) is 0 Å². The smallest absolute Gasteiger partial charge is 0.158 e. The van der Waals surface area contributed by atoms with Gasteiger partial charge in [-0.25, -0.2) is 9.38 Å². The third-order valence-electron chi connectivity index (χ3n) is 10.0. The fourth-order valence-electron chi connectivity index (χ4n) is 7.64. The number of nitrogens with zero attached hydrogens (tertiary/aromatic N) is 4. The molecule has 238 valence electrons. The Hall–Kier alpha value is -2.88. The molecule has 4 atom stereocenters. The maximum Gasteiger partial charge on any atom is 0.158 e. The molecule has 45 heavy (non-hydrogen) atoms. The van der Waals surface area contributed by atoms with Gasteiger partial charge in [0.1, 0.15) is 18.3 Å². The number of aryl methyl sites for hydroxylation is 2. The minimum absolute atomic E-state index is 0.177. The van der Waals surface area contributed by atoms with Crippen LogP contribution >= 0.6 is 11.6 Å². The van der Waals surface area contributed by atoms with Crippen LogP contribution < -0.4 is 5.32 Å². The monoisotopic (exact) mass is 631 g/mol. The molecule has 3 aliphatic heterocycles. The van der Waals surface area contributed by atoms with Gasteiger partial charge >= 0.3 is 0 Å². The number of amidine groups is 1. The van der Waals surface area contributed by atoms with Gasteiger partial charge in [0.25, 0.3) is 0 Å². The summed E-state index contributed by atoms with van der Waals surface area (Å²) in [5.74, 6) is 0.207. The molecule has 1 N–H and O–H groups in total. The number of morpholine rings is 1. The van der Waals surface area contributed by atoms with E-state index in [1.807, 2.05) is 18.2 Å². The van der Waals surface area contributed by atoms with Gasteiger partial charge in [-0.15, -0.1) is 0 Å². The summed E-state index contributed by atoms with van der Waals surface area (Å²) < 4.78 is 28.5. The largest absolute Gasteiger partial charge is 0.376 e. The summed E-state index contributed by atoms with van der Waals surface area (Å²) >= 11 is 7.03. The number of likely N-dealkylation sites (tertiary alicyclic amines) is 1. The molecule has 0 amide bonds. The predicted octanol–water partition coefficient (Wildman–Crippen LogP) is 6.39. The van der Waals surface area contributed by atoms with Crippen molar-refractivity contribution in [1.82, 2.24) is 15.1 Å². The lowest BCUT2D eigenvalue weighted by Crippen LogP contribution is -2.53. The Morgan fingerprint density at radius 3 is 2.71 bits per heavy atom. The predicted molar refractivity (Wildman–Crippen MR) is 181 cm³/mol. The van der Waals surface area contributed by atoms with Crippen LogP contribution in [0.5, 0.6) is 0 Å². The number of fused-ring (bicyclic) bond motifs is 5. The summed E-state index contributed by atoms with van der Waals surface area (Å²) in [6.07, 6.45) is 5.44. The Kier molecular flexibility index (Phi) is 8.94. The van der Waals surface area contributed by atoms with E-state index in [-0.39, 0.29) is 18.5 Å².